The van der Waals surface area contributed by atoms with E-state index in [-0.39, 0.29) is 5.78 Å². The molecule has 1 aromatic carbocycles. The molecule has 1 aromatic heterocycles. The number of hydrogen-bond donors (Lipinski definition) is 1. The molecule has 0 amide bonds. The van der Waals surface area contributed by atoms with Crippen LogP contribution in [0.2, 0.25) is 0 Å². The van der Waals surface area contributed by atoms with Gasteiger partial charge in [0.2, 0.25) is 0 Å². The molecule has 94 valence electrons. The smallest absolute Gasteiger partial charge is 0.137 e. The first-order valence-corrected chi connectivity index (χ1v) is 5.97. The minimum Gasteiger partial charge on any atom is -0.399 e. The molecule has 4 heteroatoms. The monoisotopic (exact) mass is 243 g/mol. The zero-order valence-corrected chi connectivity index (χ0v) is 10.5. The van der Waals surface area contributed by atoms with Crippen LogP contribution < -0.4 is 5.73 Å². The Morgan fingerprint density at radius 1 is 1.39 bits per heavy atom. The van der Waals surface area contributed by atoms with Crippen molar-refractivity contribution in [2.45, 2.75) is 19.3 Å². The molecular weight excluding hydrogens is 226 g/mol. The van der Waals surface area contributed by atoms with Crippen LogP contribution >= 0.6 is 0 Å². The van der Waals surface area contributed by atoms with E-state index in [1.165, 1.54) is 0 Å². The number of aromatic nitrogens is 2. The summed E-state index contributed by atoms with van der Waals surface area (Å²) >= 11 is 0. The molecule has 18 heavy (non-hydrogen) atoms. The highest BCUT2D eigenvalue weighted by molar-refractivity contribution is 5.81. The van der Waals surface area contributed by atoms with Crippen molar-refractivity contribution in [1.29, 1.82) is 0 Å². The van der Waals surface area contributed by atoms with Gasteiger partial charge in [-0.1, -0.05) is 12.1 Å². The first-order valence-electron chi connectivity index (χ1n) is 5.97. The fraction of sp³-hybridized carbons (Fsp3) is 0.286. The van der Waals surface area contributed by atoms with E-state index in [1.807, 2.05) is 37.5 Å². The average molecular weight is 243 g/mol. The molecule has 0 bridgehead atoms. The first kappa shape index (κ1) is 12.4. The van der Waals surface area contributed by atoms with Crippen molar-refractivity contribution in [1.82, 2.24) is 9.78 Å². The van der Waals surface area contributed by atoms with Crippen LogP contribution in [0.3, 0.4) is 0 Å². The molecule has 0 unspecified atom stereocenters. The lowest BCUT2D eigenvalue weighted by molar-refractivity contribution is -0.118. The summed E-state index contributed by atoms with van der Waals surface area (Å²) in [5.41, 5.74) is 8.45. The minimum atomic E-state index is 0.226. The van der Waals surface area contributed by atoms with E-state index in [2.05, 4.69) is 5.10 Å². The Balaban J connectivity index is 1.85. The third-order valence-corrected chi connectivity index (χ3v) is 2.80. The fourth-order valence-corrected chi connectivity index (χ4v) is 1.90. The topological polar surface area (TPSA) is 60.9 Å². The highest BCUT2D eigenvalue weighted by atomic mass is 16.1. The van der Waals surface area contributed by atoms with E-state index in [4.69, 9.17) is 5.73 Å². The number of rotatable bonds is 5. The lowest BCUT2D eigenvalue weighted by Crippen LogP contribution is -2.04. The molecule has 0 atom stereocenters. The summed E-state index contributed by atoms with van der Waals surface area (Å²) in [6.45, 7) is 0. The van der Waals surface area contributed by atoms with Gasteiger partial charge in [-0.05, 0) is 29.7 Å². The summed E-state index contributed by atoms with van der Waals surface area (Å²) in [5.74, 6) is 0.226. The Kier molecular flexibility index (Phi) is 3.77. The second kappa shape index (κ2) is 5.49. The number of Topliss-reactive ketones (excluding diaryl/α,β-unsaturated/α-hetero) is 1. The molecule has 2 N–H and O–H groups in total. The number of nitrogens with two attached hydrogens (primary N) is 1. The van der Waals surface area contributed by atoms with Gasteiger partial charge in [-0.25, -0.2) is 0 Å². The number of benzene rings is 1. The maximum Gasteiger partial charge on any atom is 0.137 e. The van der Waals surface area contributed by atoms with E-state index < -0.39 is 0 Å². The predicted octanol–water partition coefficient (Wildman–Crippen LogP) is 1.75. The molecule has 0 saturated heterocycles. The molecule has 0 fully saturated rings. The molecule has 0 spiro atoms. The van der Waals surface area contributed by atoms with Gasteiger partial charge in [0, 0.05) is 31.8 Å². The molecule has 2 rings (SSSR count). The van der Waals surface area contributed by atoms with Crippen LogP contribution in [0, 0.1) is 0 Å². The van der Waals surface area contributed by atoms with E-state index >= 15 is 0 Å². The second-order valence-electron chi connectivity index (χ2n) is 4.48. The van der Waals surface area contributed by atoms with Crippen molar-refractivity contribution in [3.8, 4) is 0 Å². The van der Waals surface area contributed by atoms with Gasteiger partial charge < -0.3 is 5.73 Å². The molecule has 4 nitrogen and oxygen atoms in total. The van der Waals surface area contributed by atoms with Crippen LogP contribution in [-0.2, 0) is 24.7 Å². The number of anilines is 1. The lowest BCUT2D eigenvalue weighted by Gasteiger charge is -2.01. The molecule has 2 aromatic rings. The van der Waals surface area contributed by atoms with Gasteiger partial charge in [-0.15, -0.1) is 0 Å². The number of carbonyl (C=O) groups is 1. The maximum atomic E-state index is 11.8. The van der Waals surface area contributed by atoms with Gasteiger partial charge in [0.15, 0.2) is 0 Å². The average Bonchev–Trinajstić information content (AvgIpc) is 2.73. The van der Waals surface area contributed by atoms with Crippen molar-refractivity contribution in [2.24, 2.45) is 7.05 Å². The summed E-state index contributed by atoms with van der Waals surface area (Å²) < 4.78 is 1.75. The normalized spacial score (nSPS) is 10.5. The lowest BCUT2D eigenvalue weighted by atomic mass is 10.0. The third kappa shape index (κ3) is 3.45. The number of hydrogen-bond acceptors (Lipinski definition) is 3. The Morgan fingerprint density at radius 3 is 2.89 bits per heavy atom. The highest BCUT2D eigenvalue weighted by Crippen LogP contribution is 2.09. The SMILES string of the molecule is Cn1cc(CCC(=O)Cc2cccc(N)c2)cn1. The fourth-order valence-electron chi connectivity index (χ4n) is 1.90. The van der Waals surface area contributed by atoms with Crippen molar-refractivity contribution < 1.29 is 4.79 Å². The predicted molar refractivity (Wildman–Crippen MR) is 71.1 cm³/mol. The van der Waals surface area contributed by atoms with E-state index in [0.29, 0.717) is 18.5 Å². The number of nitrogen functional groups attached to an aromatic ring is 1. The van der Waals surface area contributed by atoms with Crippen molar-refractivity contribution in [3.05, 3.63) is 47.8 Å². The molecule has 0 aliphatic rings. The zero-order valence-electron chi connectivity index (χ0n) is 10.5. The number of ketones is 1. The quantitative estimate of drug-likeness (QED) is 0.814. The Bertz CT molecular complexity index is 545. The first-order chi connectivity index (χ1) is 8.63. The van der Waals surface area contributed by atoms with Gasteiger partial charge >= 0.3 is 0 Å². The van der Waals surface area contributed by atoms with Crippen molar-refractivity contribution in [3.63, 3.8) is 0 Å². The van der Waals surface area contributed by atoms with Gasteiger partial charge in [-0.3, -0.25) is 9.48 Å². The van der Waals surface area contributed by atoms with Crippen LogP contribution in [0.25, 0.3) is 0 Å². The summed E-state index contributed by atoms with van der Waals surface area (Å²) in [7, 11) is 1.87. The molecule has 0 radical (unpaired) electrons. The standard InChI is InChI=1S/C14H17N3O/c1-17-10-12(9-16-17)5-6-14(18)8-11-3-2-4-13(15)7-11/h2-4,7,9-10H,5-6,8,15H2,1H3. The number of aryl methyl sites for hydroxylation is 2. The Morgan fingerprint density at radius 2 is 2.22 bits per heavy atom. The van der Waals surface area contributed by atoms with Gasteiger partial charge in [-0.2, -0.15) is 5.10 Å². The van der Waals surface area contributed by atoms with Crippen molar-refractivity contribution >= 4 is 11.5 Å². The molecular formula is C14H17N3O. The van der Waals surface area contributed by atoms with Crippen LogP contribution in [0.1, 0.15) is 17.5 Å². The Hall–Kier alpha value is -2.10. The third-order valence-electron chi connectivity index (χ3n) is 2.80. The van der Waals surface area contributed by atoms with Gasteiger partial charge in [0.25, 0.3) is 0 Å². The summed E-state index contributed by atoms with van der Waals surface area (Å²) in [6.07, 6.45) is 5.47. The van der Waals surface area contributed by atoms with Crippen LogP contribution in [0.15, 0.2) is 36.7 Å². The highest BCUT2D eigenvalue weighted by Gasteiger charge is 2.05. The van der Waals surface area contributed by atoms with E-state index in [0.717, 1.165) is 17.5 Å². The van der Waals surface area contributed by atoms with Crippen LogP contribution in [-0.4, -0.2) is 15.6 Å². The summed E-state index contributed by atoms with van der Waals surface area (Å²) in [6, 6.07) is 7.48. The zero-order chi connectivity index (χ0) is 13.0. The molecule has 0 aliphatic heterocycles. The number of carbonyl (C=O) groups excluding carboxylic acids is 1. The second-order valence-corrected chi connectivity index (χ2v) is 4.48. The number of nitrogens with zero attached hydrogens (tertiary/aromatic N) is 2. The summed E-state index contributed by atoms with van der Waals surface area (Å²) in [4.78, 5) is 11.8. The molecule has 0 saturated carbocycles. The summed E-state index contributed by atoms with van der Waals surface area (Å²) in [5, 5.41) is 4.08. The molecule has 1 heterocycles. The maximum absolute atomic E-state index is 11.8. The van der Waals surface area contributed by atoms with Crippen LogP contribution in [0.4, 0.5) is 5.69 Å². The van der Waals surface area contributed by atoms with Gasteiger partial charge in [0.1, 0.15) is 5.78 Å². The van der Waals surface area contributed by atoms with Crippen molar-refractivity contribution in [2.75, 3.05) is 5.73 Å². The molecule has 0 aliphatic carbocycles. The largest absolute Gasteiger partial charge is 0.399 e. The minimum absolute atomic E-state index is 0.226. The van der Waals surface area contributed by atoms with E-state index in [1.54, 1.807) is 10.9 Å². The van der Waals surface area contributed by atoms with E-state index in [9.17, 15) is 4.79 Å². The van der Waals surface area contributed by atoms with Gasteiger partial charge in [0.05, 0.1) is 6.20 Å². The van der Waals surface area contributed by atoms with Crippen LogP contribution in [0.5, 0.6) is 0 Å². The Labute approximate surface area is 106 Å².